The van der Waals surface area contributed by atoms with Crippen LogP contribution in [0.25, 0.3) is 0 Å². The number of aryl methyl sites for hydroxylation is 1. The molecule has 0 radical (unpaired) electrons. The molecule has 6 heteroatoms. The van der Waals surface area contributed by atoms with Crippen molar-refractivity contribution in [3.63, 3.8) is 0 Å². The van der Waals surface area contributed by atoms with E-state index in [-0.39, 0.29) is 5.56 Å². The Morgan fingerprint density at radius 3 is 2.63 bits per heavy atom. The molecule has 1 aromatic heterocycles. The molecule has 0 saturated heterocycles. The highest BCUT2D eigenvalue weighted by Crippen LogP contribution is 2.32. The molecule has 0 aliphatic carbocycles. The second-order valence-corrected chi connectivity index (χ2v) is 4.67. The third-order valence-electron chi connectivity index (χ3n) is 2.38. The van der Waals surface area contributed by atoms with Gasteiger partial charge in [-0.15, -0.1) is 0 Å². The molecule has 0 saturated carbocycles. The van der Waals surface area contributed by atoms with E-state index in [1.165, 1.54) is 12.3 Å². The number of carbonyl (C=O) groups is 1. The van der Waals surface area contributed by atoms with Gasteiger partial charge >= 0.3 is 5.97 Å². The van der Waals surface area contributed by atoms with Crippen LogP contribution in [-0.2, 0) is 0 Å². The zero-order chi connectivity index (χ0) is 14.0. The van der Waals surface area contributed by atoms with Crippen LogP contribution in [0.2, 0.25) is 10.0 Å². The summed E-state index contributed by atoms with van der Waals surface area (Å²) in [4.78, 5) is 14.8. The second-order valence-electron chi connectivity index (χ2n) is 3.83. The lowest BCUT2D eigenvalue weighted by atomic mass is 10.2. The van der Waals surface area contributed by atoms with Gasteiger partial charge in [0.25, 0.3) is 0 Å². The molecule has 4 nitrogen and oxygen atoms in total. The largest absolute Gasteiger partial charge is 0.478 e. The van der Waals surface area contributed by atoms with Crippen molar-refractivity contribution in [3.05, 3.63) is 51.6 Å². The third-order valence-corrected chi connectivity index (χ3v) is 2.91. The van der Waals surface area contributed by atoms with Gasteiger partial charge in [0.05, 0.1) is 10.6 Å². The van der Waals surface area contributed by atoms with Crippen molar-refractivity contribution in [1.29, 1.82) is 0 Å². The van der Waals surface area contributed by atoms with Crippen molar-refractivity contribution in [2.45, 2.75) is 6.92 Å². The molecular weight excluding hydrogens is 289 g/mol. The van der Waals surface area contributed by atoms with Crippen LogP contribution in [0.4, 0.5) is 0 Å². The van der Waals surface area contributed by atoms with Crippen LogP contribution < -0.4 is 4.74 Å². The van der Waals surface area contributed by atoms with Gasteiger partial charge < -0.3 is 9.84 Å². The van der Waals surface area contributed by atoms with Crippen molar-refractivity contribution in [1.82, 2.24) is 4.98 Å². The van der Waals surface area contributed by atoms with E-state index in [4.69, 9.17) is 33.0 Å². The SMILES string of the molecule is Cc1cc(C(=O)O)cnc1Oc1ccc(Cl)cc1Cl. The molecule has 2 aromatic rings. The Bertz CT molecular complexity index is 644. The van der Waals surface area contributed by atoms with Crippen molar-refractivity contribution in [2.75, 3.05) is 0 Å². The number of hydrogen-bond donors (Lipinski definition) is 1. The first-order valence-corrected chi connectivity index (χ1v) is 6.06. The maximum atomic E-state index is 10.8. The number of carboxylic acids is 1. The summed E-state index contributed by atoms with van der Waals surface area (Å²) < 4.78 is 5.54. The van der Waals surface area contributed by atoms with Gasteiger partial charge in [-0.3, -0.25) is 0 Å². The first-order chi connectivity index (χ1) is 8.97. The monoisotopic (exact) mass is 297 g/mol. The molecule has 0 bridgehead atoms. The van der Waals surface area contributed by atoms with Crippen LogP contribution in [0.1, 0.15) is 15.9 Å². The predicted molar refractivity (Wildman–Crippen MR) is 72.5 cm³/mol. The fraction of sp³-hybridized carbons (Fsp3) is 0.0769. The quantitative estimate of drug-likeness (QED) is 0.923. The Labute approximate surface area is 119 Å². The number of aromatic carboxylic acids is 1. The van der Waals surface area contributed by atoms with Crippen molar-refractivity contribution in [2.24, 2.45) is 0 Å². The number of rotatable bonds is 3. The summed E-state index contributed by atoms with van der Waals surface area (Å²) in [5.74, 6) is -0.328. The lowest BCUT2D eigenvalue weighted by Gasteiger charge is -2.09. The van der Waals surface area contributed by atoms with E-state index in [2.05, 4.69) is 4.98 Å². The molecule has 1 N–H and O–H groups in total. The normalized spacial score (nSPS) is 10.3. The minimum Gasteiger partial charge on any atom is -0.478 e. The Morgan fingerprint density at radius 1 is 1.32 bits per heavy atom. The number of ether oxygens (including phenoxy) is 1. The maximum Gasteiger partial charge on any atom is 0.337 e. The van der Waals surface area contributed by atoms with Crippen molar-refractivity contribution >= 4 is 29.2 Å². The topological polar surface area (TPSA) is 59.4 Å². The van der Waals surface area contributed by atoms with Gasteiger partial charge in [-0.05, 0) is 31.2 Å². The average molecular weight is 298 g/mol. The molecule has 0 fully saturated rings. The lowest BCUT2D eigenvalue weighted by molar-refractivity contribution is 0.0696. The summed E-state index contributed by atoms with van der Waals surface area (Å²) in [7, 11) is 0. The second kappa shape index (κ2) is 5.47. The average Bonchev–Trinajstić information content (AvgIpc) is 2.34. The van der Waals surface area contributed by atoms with E-state index in [9.17, 15) is 4.79 Å². The van der Waals surface area contributed by atoms with Crippen molar-refractivity contribution in [3.8, 4) is 11.6 Å². The zero-order valence-corrected chi connectivity index (χ0v) is 11.4. The van der Waals surface area contributed by atoms with E-state index in [0.29, 0.717) is 27.2 Å². The highest BCUT2D eigenvalue weighted by atomic mass is 35.5. The van der Waals surface area contributed by atoms with Crippen LogP contribution in [0.3, 0.4) is 0 Å². The summed E-state index contributed by atoms with van der Waals surface area (Å²) in [5.41, 5.74) is 0.706. The van der Waals surface area contributed by atoms with Gasteiger partial charge in [-0.2, -0.15) is 0 Å². The Morgan fingerprint density at radius 2 is 2.05 bits per heavy atom. The standard InChI is InChI=1S/C13H9Cl2NO3/c1-7-4-8(13(17)18)6-16-12(7)19-11-3-2-9(14)5-10(11)15/h2-6H,1H3,(H,17,18). The molecule has 0 atom stereocenters. The molecule has 1 heterocycles. The first kappa shape index (κ1) is 13.6. The molecule has 0 amide bonds. The molecule has 0 unspecified atom stereocenters. The van der Waals surface area contributed by atoms with Crippen LogP contribution in [0, 0.1) is 6.92 Å². The highest BCUT2D eigenvalue weighted by molar-refractivity contribution is 6.35. The van der Waals surface area contributed by atoms with Gasteiger partial charge in [0.2, 0.25) is 5.88 Å². The van der Waals surface area contributed by atoms with Crippen LogP contribution in [0.15, 0.2) is 30.5 Å². The smallest absolute Gasteiger partial charge is 0.337 e. The number of aromatic nitrogens is 1. The summed E-state index contributed by atoms with van der Waals surface area (Å²) in [6.45, 7) is 1.71. The number of benzene rings is 1. The number of carboxylic acid groups (broad SMARTS) is 1. The predicted octanol–water partition coefficient (Wildman–Crippen LogP) is 4.19. The first-order valence-electron chi connectivity index (χ1n) is 5.30. The molecule has 0 spiro atoms. The number of nitrogens with zero attached hydrogens (tertiary/aromatic N) is 1. The van der Waals surface area contributed by atoms with Crippen LogP contribution in [0.5, 0.6) is 11.6 Å². The minimum atomic E-state index is -1.04. The zero-order valence-electron chi connectivity index (χ0n) is 9.85. The van der Waals surface area contributed by atoms with Gasteiger partial charge in [0.1, 0.15) is 5.75 Å². The van der Waals surface area contributed by atoms with Gasteiger partial charge in [0.15, 0.2) is 0 Å². The number of pyridine rings is 1. The molecule has 0 aliphatic rings. The van der Waals surface area contributed by atoms with E-state index in [1.807, 2.05) is 0 Å². The van der Waals surface area contributed by atoms with E-state index in [0.717, 1.165) is 0 Å². The molecule has 0 aliphatic heterocycles. The van der Waals surface area contributed by atoms with Crippen LogP contribution in [-0.4, -0.2) is 16.1 Å². The molecule has 19 heavy (non-hydrogen) atoms. The fourth-order valence-electron chi connectivity index (χ4n) is 1.45. The Kier molecular flexibility index (Phi) is 3.93. The number of halogens is 2. The van der Waals surface area contributed by atoms with E-state index in [1.54, 1.807) is 25.1 Å². The number of hydrogen-bond acceptors (Lipinski definition) is 3. The summed E-state index contributed by atoms with van der Waals surface area (Å²) in [5, 5.41) is 9.71. The van der Waals surface area contributed by atoms with Crippen molar-refractivity contribution < 1.29 is 14.6 Å². The third kappa shape index (κ3) is 3.16. The van der Waals surface area contributed by atoms with Crippen LogP contribution >= 0.6 is 23.2 Å². The lowest BCUT2D eigenvalue weighted by Crippen LogP contribution is -2.00. The van der Waals surface area contributed by atoms with Gasteiger partial charge in [0, 0.05) is 16.8 Å². The summed E-state index contributed by atoms with van der Waals surface area (Å²) in [6.07, 6.45) is 1.23. The van der Waals surface area contributed by atoms with E-state index < -0.39 is 5.97 Å². The highest BCUT2D eigenvalue weighted by Gasteiger charge is 2.10. The Balaban J connectivity index is 2.31. The summed E-state index contributed by atoms with van der Waals surface area (Å²) in [6, 6.07) is 6.30. The maximum absolute atomic E-state index is 10.8. The van der Waals surface area contributed by atoms with E-state index >= 15 is 0 Å². The molecule has 98 valence electrons. The molecular formula is C13H9Cl2NO3. The molecule has 1 aromatic carbocycles. The summed E-state index contributed by atoms with van der Waals surface area (Å²) >= 11 is 11.8. The van der Waals surface area contributed by atoms with Gasteiger partial charge in [-0.1, -0.05) is 23.2 Å². The Hall–Kier alpha value is -1.78. The minimum absolute atomic E-state index is 0.104. The van der Waals surface area contributed by atoms with Gasteiger partial charge in [-0.25, -0.2) is 9.78 Å². The molecule has 2 rings (SSSR count). The fourth-order valence-corrected chi connectivity index (χ4v) is 1.90.